The second-order valence-corrected chi connectivity index (χ2v) is 4.52. The maximum Gasteiger partial charge on any atom is 0.120 e. The first kappa shape index (κ1) is 14.2. The number of phenols is 1. The zero-order valence-corrected chi connectivity index (χ0v) is 11.5. The van der Waals surface area contributed by atoms with Gasteiger partial charge in [-0.3, -0.25) is 0 Å². The van der Waals surface area contributed by atoms with Gasteiger partial charge in [-0.1, -0.05) is 12.1 Å². The van der Waals surface area contributed by atoms with Crippen LogP contribution in [0.4, 0.5) is 5.69 Å². The molecule has 0 bridgehead atoms. The zero-order chi connectivity index (χ0) is 14.4. The first-order valence-electron chi connectivity index (χ1n) is 6.52. The number of aliphatic hydroxyl groups is 1. The van der Waals surface area contributed by atoms with Crippen molar-refractivity contribution in [3.05, 3.63) is 53.6 Å². The molecule has 0 heterocycles. The highest BCUT2D eigenvalue weighted by Crippen LogP contribution is 2.23. The van der Waals surface area contributed by atoms with E-state index in [9.17, 15) is 5.11 Å². The molecule has 0 spiro atoms. The minimum absolute atomic E-state index is 0.157. The van der Waals surface area contributed by atoms with Crippen molar-refractivity contribution in [3.8, 4) is 11.5 Å². The van der Waals surface area contributed by atoms with Crippen LogP contribution in [-0.2, 0) is 13.0 Å². The van der Waals surface area contributed by atoms with Crippen LogP contribution in [0.1, 0.15) is 11.1 Å². The summed E-state index contributed by atoms with van der Waals surface area (Å²) in [6, 6.07) is 13.0. The van der Waals surface area contributed by atoms with Crippen LogP contribution in [0.3, 0.4) is 0 Å². The zero-order valence-electron chi connectivity index (χ0n) is 11.5. The van der Waals surface area contributed by atoms with Gasteiger partial charge < -0.3 is 20.3 Å². The quantitative estimate of drug-likeness (QED) is 0.757. The van der Waals surface area contributed by atoms with Gasteiger partial charge in [0.2, 0.25) is 0 Å². The summed E-state index contributed by atoms with van der Waals surface area (Å²) in [4.78, 5) is 0. The Morgan fingerprint density at radius 1 is 1.10 bits per heavy atom. The first-order chi connectivity index (χ1) is 9.72. The second-order valence-electron chi connectivity index (χ2n) is 4.52. The molecule has 0 radical (unpaired) electrons. The minimum Gasteiger partial charge on any atom is -0.508 e. The Balaban J connectivity index is 2.01. The molecule has 0 aliphatic carbocycles. The predicted octanol–water partition coefficient (Wildman–Crippen LogP) is 2.55. The predicted molar refractivity (Wildman–Crippen MR) is 79.2 cm³/mol. The molecule has 2 aromatic rings. The number of hydrogen-bond acceptors (Lipinski definition) is 4. The van der Waals surface area contributed by atoms with Gasteiger partial charge in [0.05, 0.1) is 7.11 Å². The summed E-state index contributed by atoms with van der Waals surface area (Å²) in [5.74, 6) is 0.966. The van der Waals surface area contributed by atoms with E-state index in [0.29, 0.717) is 13.0 Å². The average molecular weight is 273 g/mol. The normalized spacial score (nSPS) is 10.3. The van der Waals surface area contributed by atoms with Gasteiger partial charge in [-0.25, -0.2) is 0 Å². The van der Waals surface area contributed by atoms with Gasteiger partial charge in [-0.2, -0.15) is 0 Å². The Morgan fingerprint density at radius 3 is 2.50 bits per heavy atom. The van der Waals surface area contributed by atoms with Gasteiger partial charge in [0.25, 0.3) is 0 Å². The molecule has 4 heteroatoms. The molecule has 20 heavy (non-hydrogen) atoms. The van der Waals surface area contributed by atoms with Crippen molar-refractivity contribution in [3.63, 3.8) is 0 Å². The molecule has 4 nitrogen and oxygen atoms in total. The monoisotopic (exact) mass is 273 g/mol. The molecule has 0 aromatic heterocycles. The summed E-state index contributed by atoms with van der Waals surface area (Å²) >= 11 is 0. The van der Waals surface area contributed by atoms with Crippen LogP contribution in [0.15, 0.2) is 42.5 Å². The third kappa shape index (κ3) is 3.65. The van der Waals surface area contributed by atoms with Crippen molar-refractivity contribution in [2.75, 3.05) is 19.0 Å². The van der Waals surface area contributed by atoms with Crippen molar-refractivity contribution >= 4 is 5.69 Å². The lowest BCUT2D eigenvalue weighted by Gasteiger charge is -2.10. The van der Waals surface area contributed by atoms with Gasteiger partial charge >= 0.3 is 0 Å². The summed E-state index contributed by atoms with van der Waals surface area (Å²) in [5.41, 5.74) is 2.85. The third-order valence-electron chi connectivity index (χ3n) is 3.12. The Labute approximate surface area is 118 Å². The van der Waals surface area contributed by atoms with Crippen LogP contribution in [0, 0.1) is 0 Å². The van der Waals surface area contributed by atoms with E-state index in [1.165, 1.54) is 0 Å². The van der Waals surface area contributed by atoms with Crippen LogP contribution in [0.2, 0.25) is 0 Å². The van der Waals surface area contributed by atoms with E-state index in [1.54, 1.807) is 19.2 Å². The Kier molecular flexibility index (Phi) is 4.85. The van der Waals surface area contributed by atoms with Crippen molar-refractivity contribution in [1.82, 2.24) is 0 Å². The number of benzene rings is 2. The van der Waals surface area contributed by atoms with Crippen molar-refractivity contribution in [2.24, 2.45) is 0 Å². The molecule has 0 saturated carbocycles. The molecule has 106 valence electrons. The number of anilines is 1. The van der Waals surface area contributed by atoms with E-state index in [2.05, 4.69) is 5.32 Å². The lowest BCUT2D eigenvalue weighted by molar-refractivity contribution is 0.299. The average Bonchev–Trinajstić information content (AvgIpc) is 2.48. The summed E-state index contributed by atoms with van der Waals surface area (Å²) in [5, 5.41) is 21.9. The van der Waals surface area contributed by atoms with E-state index in [1.807, 2.05) is 30.3 Å². The third-order valence-corrected chi connectivity index (χ3v) is 3.12. The number of ether oxygens (including phenoxy) is 1. The number of hydrogen-bond donors (Lipinski definition) is 3. The fraction of sp³-hybridized carbons (Fsp3) is 0.250. The highest BCUT2D eigenvalue weighted by molar-refractivity contribution is 5.47. The maximum atomic E-state index is 9.80. The molecule has 0 fully saturated rings. The summed E-state index contributed by atoms with van der Waals surface area (Å²) in [6.45, 7) is 0.673. The molecular formula is C16H19NO3. The highest BCUT2D eigenvalue weighted by atomic mass is 16.5. The molecule has 0 aliphatic heterocycles. The van der Waals surface area contributed by atoms with Gasteiger partial charge in [-0.05, 0) is 42.3 Å². The van der Waals surface area contributed by atoms with Crippen LogP contribution >= 0.6 is 0 Å². The van der Waals surface area contributed by atoms with Gasteiger partial charge in [0.15, 0.2) is 0 Å². The van der Waals surface area contributed by atoms with Gasteiger partial charge in [0, 0.05) is 24.4 Å². The van der Waals surface area contributed by atoms with Gasteiger partial charge in [-0.15, -0.1) is 0 Å². The molecule has 2 rings (SSSR count). The molecule has 0 amide bonds. The van der Waals surface area contributed by atoms with E-state index in [-0.39, 0.29) is 12.4 Å². The van der Waals surface area contributed by atoms with E-state index in [0.717, 1.165) is 22.6 Å². The molecule has 0 saturated heterocycles. The molecule has 0 unspecified atom stereocenters. The Morgan fingerprint density at radius 2 is 1.85 bits per heavy atom. The van der Waals surface area contributed by atoms with Crippen molar-refractivity contribution in [2.45, 2.75) is 13.0 Å². The molecule has 0 atom stereocenters. The van der Waals surface area contributed by atoms with Crippen LogP contribution in [-0.4, -0.2) is 23.9 Å². The number of nitrogens with one attached hydrogen (secondary N) is 1. The summed E-state index contributed by atoms with van der Waals surface area (Å²) < 4.78 is 5.14. The smallest absolute Gasteiger partial charge is 0.120 e. The largest absolute Gasteiger partial charge is 0.508 e. The number of phenolic OH excluding ortho intramolecular Hbond substituents is 1. The maximum absolute atomic E-state index is 9.80. The van der Waals surface area contributed by atoms with E-state index in [4.69, 9.17) is 9.84 Å². The Hall–Kier alpha value is -2.20. The SMILES string of the molecule is COc1ccc(O)c(CNc2ccc(CCO)cc2)c1. The Bertz CT molecular complexity index is 552. The number of aliphatic hydroxyl groups excluding tert-OH is 1. The highest BCUT2D eigenvalue weighted by Gasteiger charge is 2.03. The number of methoxy groups -OCH3 is 1. The van der Waals surface area contributed by atoms with Gasteiger partial charge in [0.1, 0.15) is 11.5 Å². The lowest BCUT2D eigenvalue weighted by Crippen LogP contribution is -2.00. The summed E-state index contributed by atoms with van der Waals surface area (Å²) in [6.07, 6.45) is 0.664. The van der Waals surface area contributed by atoms with Crippen LogP contribution in [0.5, 0.6) is 11.5 Å². The van der Waals surface area contributed by atoms with E-state index >= 15 is 0 Å². The van der Waals surface area contributed by atoms with E-state index < -0.39 is 0 Å². The molecule has 3 N–H and O–H groups in total. The molecule has 0 aliphatic rings. The molecular weight excluding hydrogens is 254 g/mol. The second kappa shape index (κ2) is 6.82. The summed E-state index contributed by atoms with van der Waals surface area (Å²) in [7, 11) is 1.60. The molecule has 2 aromatic carbocycles. The van der Waals surface area contributed by atoms with Crippen LogP contribution < -0.4 is 10.1 Å². The standard InChI is InChI=1S/C16H19NO3/c1-20-15-6-7-16(19)13(10-15)11-17-14-4-2-12(3-5-14)8-9-18/h2-7,10,17-19H,8-9,11H2,1H3. The lowest BCUT2D eigenvalue weighted by atomic mass is 10.1. The number of rotatable bonds is 6. The fourth-order valence-electron chi connectivity index (χ4n) is 1.95. The first-order valence-corrected chi connectivity index (χ1v) is 6.52. The minimum atomic E-state index is 0.157. The van der Waals surface area contributed by atoms with Crippen molar-refractivity contribution < 1.29 is 14.9 Å². The number of aromatic hydroxyl groups is 1. The fourth-order valence-corrected chi connectivity index (χ4v) is 1.95. The van der Waals surface area contributed by atoms with Crippen LogP contribution in [0.25, 0.3) is 0 Å². The topological polar surface area (TPSA) is 61.7 Å². The van der Waals surface area contributed by atoms with Crippen molar-refractivity contribution in [1.29, 1.82) is 0 Å².